The molecule has 0 aliphatic rings. The van der Waals surface area contributed by atoms with Crippen molar-refractivity contribution in [1.82, 2.24) is 4.72 Å². The number of benzene rings is 2. The Balaban J connectivity index is 2.14. The van der Waals surface area contributed by atoms with Crippen molar-refractivity contribution in [3.05, 3.63) is 54.1 Å². The van der Waals surface area contributed by atoms with Gasteiger partial charge in [-0.1, -0.05) is 31.5 Å². The van der Waals surface area contributed by atoms with Crippen LogP contribution in [0.2, 0.25) is 0 Å². The van der Waals surface area contributed by atoms with Gasteiger partial charge >= 0.3 is 0 Å². The van der Waals surface area contributed by atoms with Gasteiger partial charge in [0, 0.05) is 11.4 Å². The maximum Gasteiger partial charge on any atom is 0.242 e. The van der Waals surface area contributed by atoms with Crippen molar-refractivity contribution in [3.63, 3.8) is 0 Å². The van der Waals surface area contributed by atoms with Gasteiger partial charge in [-0.15, -0.1) is 0 Å². The highest BCUT2D eigenvalue weighted by Crippen LogP contribution is 2.17. The lowest BCUT2D eigenvalue weighted by atomic mass is 10.0. The molecule has 0 bridgehead atoms. The molecule has 0 spiro atoms. The standard InChI is InChI=1S/C19H25N3O5S2/c1-13(2)18(22-29(26,27)17-11-5-14(3)6-12-17)19(23)20-15-7-9-16(10-8-15)21-28(4,24)25/h5-13,18,21-22H,1-4H3,(H,20,23). The van der Waals surface area contributed by atoms with Crippen LogP contribution in [-0.2, 0) is 24.8 Å². The number of carbonyl (C=O) groups excluding carboxylic acids is 1. The molecule has 0 heterocycles. The van der Waals surface area contributed by atoms with Gasteiger partial charge in [0.25, 0.3) is 0 Å². The van der Waals surface area contributed by atoms with E-state index in [1.54, 1.807) is 26.0 Å². The largest absolute Gasteiger partial charge is 0.325 e. The monoisotopic (exact) mass is 439 g/mol. The van der Waals surface area contributed by atoms with Crippen molar-refractivity contribution >= 4 is 37.3 Å². The third-order valence-corrected chi connectivity index (χ3v) is 6.08. The van der Waals surface area contributed by atoms with Crippen LogP contribution in [0.4, 0.5) is 11.4 Å². The van der Waals surface area contributed by atoms with Crippen LogP contribution in [0.5, 0.6) is 0 Å². The topological polar surface area (TPSA) is 121 Å². The average molecular weight is 440 g/mol. The van der Waals surface area contributed by atoms with Crippen molar-refractivity contribution in [2.75, 3.05) is 16.3 Å². The summed E-state index contributed by atoms with van der Waals surface area (Å²) in [6.45, 7) is 5.33. The highest BCUT2D eigenvalue weighted by Gasteiger charge is 2.28. The lowest BCUT2D eigenvalue weighted by molar-refractivity contribution is -0.118. The molecule has 0 radical (unpaired) electrons. The van der Waals surface area contributed by atoms with Gasteiger partial charge in [-0.25, -0.2) is 16.8 Å². The van der Waals surface area contributed by atoms with Crippen LogP contribution in [0.1, 0.15) is 19.4 Å². The van der Waals surface area contributed by atoms with E-state index in [1.807, 2.05) is 6.92 Å². The number of hydrogen-bond donors (Lipinski definition) is 3. The summed E-state index contributed by atoms with van der Waals surface area (Å²) in [7, 11) is -7.27. The smallest absolute Gasteiger partial charge is 0.242 e. The molecule has 0 aliphatic heterocycles. The fourth-order valence-corrected chi connectivity index (χ4v) is 4.41. The molecular formula is C19H25N3O5S2. The first-order valence-electron chi connectivity index (χ1n) is 8.85. The summed E-state index contributed by atoms with van der Waals surface area (Å²) in [5, 5.41) is 2.65. The summed E-state index contributed by atoms with van der Waals surface area (Å²) in [5.74, 6) is -0.819. The van der Waals surface area contributed by atoms with E-state index in [-0.39, 0.29) is 10.8 Å². The van der Waals surface area contributed by atoms with Gasteiger partial charge in [-0.05, 0) is 49.2 Å². The van der Waals surface area contributed by atoms with E-state index in [9.17, 15) is 21.6 Å². The summed E-state index contributed by atoms with van der Waals surface area (Å²) in [5.41, 5.74) is 1.69. The number of rotatable bonds is 8. The van der Waals surface area contributed by atoms with Crippen molar-refractivity contribution in [2.45, 2.75) is 31.7 Å². The predicted molar refractivity (Wildman–Crippen MR) is 114 cm³/mol. The number of anilines is 2. The minimum atomic E-state index is -3.87. The van der Waals surface area contributed by atoms with Gasteiger partial charge in [0.05, 0.1) is 11.2 Å². The lowest BCUT2D eigenvalue weighted by Crippen LogP contribution is -2.47. The quantitative estimate of drug-likeness (QED) is 0.583. The van der Waals surface area contributed by atoms with Crippen LogP contribution in [0, 0.1) is 12.8 Å². The van der Waals surface area contributed by atoms with Gasteiger partial charge in [0.1, 0.15) is 6.04 Å². The number of aryl methyl sites for hydroxylation is 1. The highest BCUT2D eigenvalue weighted by molar-refractivity contribution is 7.92. The number of sulfonamides is 2. The van der Waals surface area contributed by atoms with Crippen LogP contribution >= 0.6 is 0 Å². The van der Waals surface area contributed by atoms with Gasteiger partial charge in [0.15, 0.2) is 0 Å². The number of amides is 1. The van der Waals surface area contributed by atoms with E-state index in [1.165, 1.54) is 36.4 Å². The molecule has 2 aromatic rings. The Kier molecular flexibility index (Phi) is 7.04. The molecular weight excluding hydrogens is 414 g/mol. The fourth-order valence-electron chi connectivity index (χ4n) is 2.50. The normalized spacial score (nSPS) is 13.1. The second-order valence-electron chi connectivity index (χ2n) is 7.10. The molecule has 0 aliphatic carbocycles. The summed E-state index contributed by atoms with van der Waals surface area (Å²) in [4.78, 5) is 12.8. The van der Waals surface area contributed by atoms with Crippen molar-refractivity contribution < 1.29 is 21.6 Å². The summed E-state index contributed by atoms with van der Waals surface area (Å²) >= 11 is 0. The van der Waals surface area contributed by atoms with Crippen LogP contribution in [0.25, 0.3) is 0 Å². The van der Waals surface area contributed by atoms with Crippen molar-refractivity contribution in [2.24, 2.45) is 5.92 Å². The minimum Gasteiger partial charge on any atom is -0.325 e. The van der Waals surface area contributed by atoms with Crippen LogP contribution < -0.4 is 14.8 Å². The third-order valence-electron chi connectivity index (χ3n) is 4.02. The molecule has 8 nitrogen and oxygen atoms in total. The zero-order valence-electron chi connectivity index (χ0n) is 16.6. The number of nitrogens with one attached hydrogen (secondary N) is 3. The zero-order valence-corrected chi connectivity index (χ0v) is 18.3. The van der Waals surface area contributed by atoms with Gasteiger partial charge in [0.2, 0.25) is 26.0 Å². The van der Waals surface area contributed by atoms with E-state index < -0.39 is 32.0 Å². The summed E-state index contributed by atoms with van der Waals surface area (Å²) in [6, 6.07) is 11.4. The first-order chi connectivity index (χ1) is 13.4. The van der Waals surface area contributed by atoms with E-state index in [0.717, 1.165) is 11.8 Å². The molecule has 1 unspecified atom stereocenters. The molecule has 3 N–H and O–H groups in total. The Labute approximate surface area is 171 Å². The summed E-state index contributed by atoms with van der Waals surface area (Å²) < 4.78 is 52.6. The molecule has 0 saturated carbocycles. The molecule has 0 fully saturated rings. The molecule has 2 rings (SSSR count). The van der Waals surface area contributed by atoms with E-state index in [2.05, 4.69) is 14.8 Å². The first-order valence-corrected chi connectivity index (χ1v) is 12.2. The van der Waals surface area contributed by atoms with E-state index in [0.29, 0.717) is 11.4 Å². The highest BCUT2D eigenvalue weighted by atomic mass is 32.2. The van der Waals surface area contributed by atoms with Crippen LogP contribution in [0.3, 0.4) is 0 Å². The molecule has 1 amide bonds. The maximum atomic E-state index is 12.7. The molecule has 1 atom stereocenters. The van der Waals surface area contributed by atoms with Crippen molar-refractivity contribution in [3.8, 4) is 0 Å². The maximum absolute atomic E-state index is 12.7. The molecule has 0 aromatic heterocycles. The Morgan fingerprint density at radius 3 is 1.86 bits per heavy atom. The predicted octanol–water partition coefficient (Wildman–Crippen LogP) is 2.31. The van der Waals surface area contributed by atoms with Crippen LogP contribution in [-0.4, -0.2) is 35.0 Å². The van der Waals surface area contributed by atoms with E-state index in [4.69, 9.17) is 0 Å². The number of carbonyl (C=O) groups is 1. The van der Waals surface area contributed by atoms with Crippen LogP contribution in [0.15, 0.2) is 53.4 Å². The van der Waals surface area contributed by atoms with Crippen molar-refractivity contribution in [1.29, 1.82) is 0 Å². The third kappa shape index (κ3) is 6.84. The Morgan fingerprint density at radius 1 is 0.862 bits per heavy atom. The second-order valence-corrected chi connectivity index (χ2v) is 10.6. The Bertz CT molecular complexity index is 1060. The fraction of sp³-hybridized carbons (Fsp3) is 0.316. The SMILES string of the molecule is Cc1ccc(S(=O)(=O)NC(C(=O)Nc2ccc(NS(C)(=O)=O)cc2)C(C)C)cc1. The molecule has 10 heteroatoms. The van der Waals surface area contributed by atoms with Gasteiger partial charge in [-0.2, -0.15) is 4.72 Å². The molecule has 0 saturated heterocycles. The van der Waals surface area contributed by atoms with Gasteiger partial charge < -0.3 is 5.32 Å². The first kappa shape index (κ1) is 22.9. The van der Waals surface area contributed by atoms with E-state index >= 15 is 0 Å². The Morgan fingerprint density at radius 2 is 1.38 bits per heavy atom. The Hall–Kier alpha value is -2.43. The van der Waals surface area contributed by atoms with Gasteiger partial charge in [-0.3, -0.25) is 9.52 Å². The zero-order chi connectivity index (χ0) is 21.8. The minimum absolute atomic E-state index is 0.0813. The lowest BCUT2D eigenvalue weighted by Gasteiger charge is -2.22. The summed E-state index contributed by atoms with van der Waals surface area (Å²) in [6.07, 6.45) is 1.04. The average Bonchev–Trinajstić information content (AvgIpc) is 2.60. The molecule has 158 valence electrons. The molecule has 29 heavy (non-hydrogen) atoms. The second kappa shape index (κ2) is 8.93. The number of hydrogen-bond acceptors (Lipinski definition) is 5. The molecule has 2 aromatic carbocycles.